The second kappa shape index (κ2) is 6.56. The van der Waals surface area contributed by atoms with E-state index in [2.05, 4.69) is 89.2 Å². The van der Waals surface area contributed by atoms with Gasteiger partial charge in [-0.1, -0.05) is 96.9 Å². The summed E-state index contributed by atoms with van der Waals surface area (Å²) in [6.45, 7) is 11.5. The number of hydrogen-bond acceptors (Lipinski definition) is 0. The van der Waals surface area contributed by atoms with Crippen molar-refractivity contribution in [2.45, 2.75) is 41.0 Å². The van der Waals surface area contributed by atoms with Gasteiger partial charge in [-0.25, -0.2) is 0 Å². The Hall–Kier alpha value is -1.86. The summed E-state index contributed by atoms with van der Waals surface area (Å²) >= 11 is 0. The Morgan fingerprint density at radius 1 is 0.875 bits per heavy atom. The minimum Gasteiger partial charge on any atom is -0.0746 e. The number of allylic oxidation sites excluding steroid dienone is 4. The third-order valence-corrected chi connectivity index (χ3v) is 6.67. The summed E-state index contributed by atoms with van der Waals surface area (Å²) in [5, 5.41) is 3.26. The van der Waals surface area contributed by atoms with Gasteiger partial charge in [-0.3, -0.25) is 0 Å². The van der Waals surface area contributed by atoms with Gasteiger partial charge in [0.2, 0.25) is 0 Å². The minimum absolute atomic E-state index is 0.192. The van der Waals surface area contributed by atoms with Gasteiger partial charge in [0.25, 0.3) is 0 Å². The van der Waals surface area contributed by atoms with E-state index in [9.17, 15) is 0 Å². The van der Waals surface area contributed by atoms with E-state index in [1.807, 2.05) is 0 Å². The van der Waals surface area contributed by atoms with Crippen LogP contribution >= 0.6 is 0 Å². The van der Waals surface area contributed by atoms with Crippen LogP contribution in [0.15, 0.2) is 65.4 Å². The van der Waals surface area contributed by atoms with Crippen molar-refractivity contribution in [3.63, 3.8) is 0 Å². The lowest BCUT2D eigenvalue weighted by atomic mass is 9.80. The number of benzene rings is 2. The van der Waals surface area contributed by atoms with Crippen LogP contribution in [0.2, 0.25) is 0 Å². The van der Waals surface area contributed by atoms with Gasteiger partial charge in [-0.05, 0) is 42.4 Å². The van der Waals surface area contributed by atoms with Gasteiger partial charge >= 0.3 is 0 Å². The Bertz CT molecular complexity index is 781. The summed E-state index contributed by atoms with van der Waals surface area (Å²) in [4.78, 5) is 0. The maximum atomic E-state index is 2.47. The Kier molecular flexibility index (Phi) is 4.64. The molecule has 1 aliphatic carbocycles. The molecule has 0 saturated heterocycles. The van der Waals surface area contributed by atoms with Gasteiger partial charge in [-0.2, -0.15) is 0 Å². The quantitative estimate of drug-likeness (QED) is 0.702. The molecule has 0 amide bonds. The van der Waals surface area contributed by atoms with Crippen LogP contribution in [0.4, 0.5) is 0 Å². The zero-order valence-corrected chi connectivity index (χ0v) is 17.0. The second-order valence-electron chi connectivity index (χ2n) is 8.09. The van der Waals surface area contributed by atoms with Gasteiger partial charge in [0, 0.05) is 0 Å². The largest absolute Gasteiger partial charge is 0.0832 e. The SMILES string of the molecule is Cc1cc(C)cc(C2=CCC([SiH2]c3ccccc3)=C2C(C)(C)C)c1. The van der Waals surface area contributed by atoms with Gasteiger partial charge in [0.05, 0.1) is 9.52 Å². The van der Waals surface area contributed by atoms with Crippen molar-refractivity contribution < 1.29 is 0 Å². The first kappa shape index (κ1) is 17.0. The Balaban J connectivity index is 2.04. The molecule has 0 spiro atoms. The highest BCUT2D eigenvalue weighted by Gasteiger charge is 2.28. The Morgan fingerprint density at radius 3 is 2.08 bits per heavy atom. The first-order valence-electron chi connectivity index (χ1n) is 8.90. The first-order valence-corrected chi connectivity index (χ1v) is 10.3. The van der Waals surface area contributed by atoms with Crippen LogP contribution in [0.1, 0.15) is 43.9 Å². The average Bonchev–Trinajstić information content (AvgIpc) is 2.91. The molecule has 3 rings (SSSR count). The van der Waals surface area contributed by atoms with Crippen LogP contribution in [0.3, 0.4) is 0 Å². The predicted molar refractivity (Wildman–Crippen MR) is 110 cm³/mol. The predicted octanol–water partition coefficient (Wildman–Crippen LogP) is 4.89. The highest BCUT2D eigenvalue weighted by Crippen LogP contribution is 2.44. The van der Waals surface area contributed by atoms with Crippen molar-refractivity contribution in [1.82, 2.24) is 0 Å². The van der Waals surface area contributed by atoms with Crippen LogP contribution < -0.4 is 5.19 Å². The monoisotopic (exact) mass is 332 g/mol. The number of hydrogen-bond donors (Lipinski definition) is 0. The molecule has 0 bridgehead atoms. The second-order valence-corrected chi connectivity index (χ2v) is 10.1. The van der Waals surface area contributed by atoms with Crippen molar-refractivity contribution >= 4 is 20.3 Å². The van der Waals surface area contributed by atoms with E-state index >= 15 is 0 Å². The number of rotatable bonds is 3. The molecule has 124 valence electrons. The Labute approximate surface area is 149 Å². The maximum absolute atomic E-state index is 2.47. The van der Waals surface area contributed by atoms with Crippen molar-refractivity contribution in [2.24, 2.45) is 5.41 Å². The average molecular weight is 333 g/mol. The van der Waals surface area contributed by atoms with E-state index in [0.29, 0.717) is 0 Å². The van der Waals surface area contributed by atoms with E-state index in [0.717, 1.165) is 6.42 Å². The molecule has 0 aromatic heterocycles. The molecule has 2 aromatic carbocycles. The fourth-order valence-electron chi connectivity index (χ4n) is 3.95. The zero-order valence-electron chi connectivity index (χ0n) is 15.6. The van der Waals surface area contributed by atoms with Crippen LogP contribution in [0.25, 0.3) is 5.57 Å². The molecule has 0 unspecified atom stereocenters. The molecular formula is C23H28Si. The smallest absolute Gasteiger partial charge is 0.0746 e. The van der Waals surface area contributed by atoms with E-state index in [4.69, 9.17) is 0 Å². The van der Waals surface area contributed by atoms with Crippen LogP contribution in [0, 0.1) is 19.3 Å². The first-order chi connectivity index (χ1) is 11.3. The van der Waals surface area contributed by atoms with Gasteiger partial charge in [-0.15, -0.1) is 0 Å². The van der Waals surface area contributed by atoms with Crippen LogP contribution in [-0.4, -0.2) is 9.52 Å². The molecule has 24 heavy (non-hydrogen) atoms. The number of aryl methyl sites for hydroxylation is 2. The van der Waals surface area contributed by atoms with Gasteiger partial charge in [0.1, 0.15) is 0 Å². The molecule has 0 saturated carbocycles. The molecule has 1 heteroatoms. The minimum atomic E-state index is -0.391. The summed E-state index contributed by atoms with van der Waals surface area (Å²) in [5.41, 5.74) is 7.38. The highest BCUT2D eigenvalue weighted by atomic mass is 28.2. The zero-order chi connectivity index (χ0) is 17.3. The van der Waals surface area contributed by atoms with Gasteiger partial charge in [0.15, 0.2) is 0 Å². The molecule has 0 nitrogen and oxygen atoms in total. The lowest BCUT2D eigenvalue weighted by molar-refractivity contribution is 0.520. The van der Waals surface area contributed by atoms with E-state index in [1.165, 1.54) is 22.3 Å². The molecule has 2 aromatic rings. The van der Waals surface area contributed by atoms with Crippen molar-refractivity contribution in [3.05, 3.63) is 82.1 Å². The summed E-state index contributed by atoms with van der Waals surface area (Å²) in [7, 11) is -0.391. The van der Waals surface area contributed by atoms with E-state index in [1.54, 1.807) is 16.0 Å². The molecule has 0 aliphatic heterocycles. The van der Waals surface area contributed by atoms with Crippen molar-refractivity contribution in [3.8, 4) is 0 Å². The lowest BCUT2D eigenvalue weighted by Gasteiger charge is -2.26. The van der Waals surface area contributed by atoms with Crippen molar-refractivity contribution in [1.29, 1.82) is 0 Å². The third kappa shape index (κ3) is 3.62. The molecule has 0 fully saturated rings. The lowest BCUT2D eigenvalue weighted by Crippen LogP contribution is -2.20. The standard InChI is InChI=1S/C23H28Si/c1-16-13-17(2)15-18(14-16)20-11-12-21(22(20)23(3,4)5)24-19-9-7-6-8-10-19/h6-11,13-15H,12,24H2,1-5H3. The van der Waals surface area contributed by atoms with E-state index in [-0.39, 0.29) is 5.41 Å². The maximum Gasteiger partial charge on any atom is 0.0832 e. The fraction of sp³-hybridized carbons (Fsp3) is 0.304. The van der Waals surface area contributed by atoms with Gasteiger partial charge < -0.3 is 0 Å². The Morgan fingerprint density at radius 2 is 1.50 bits per heavy atom. The van der Waals surface area contributed by atoms with E-state index < -0.39 is 9.52 Å². The summed E-state index contributed by atoms with van der Waals surface area (Å²) in [5.74, 6) is 0. The molecular weight excluding hydrogens is 304 g/mol. The van der Waals surface area contributed by atoms with Crippen LogP contribution in [0.5, 0.6) is 0 Å². The summed E-state index contributed by atoms with van der Waals surface area (Å²) < 4.78 is 0. The summed E-state index contributed by atoms with van der Waals surface area (Å²) in [6.07, 6.45) is 3.61. The molecule has 0 atom stereocenters. The topological polar surface area (TPSA) is 0 Å². The molecule has 0 heterocycles. The molecule has 1 aliphatic rings. The summed E-state index contributed by atoms with van der Waals surface area (Å²) in [6, 6.07) is 18.0. The third-order valence-electron chi connectivity index (χ3n) is 4.72. The normalized spacial score (nSPS) is 15.5. The van der Waals surface area contributed by atoms with Crippen LogP contribution in [-0.2, 0) is 0 Å². The fourth-order valence-corrected chi connectivity index (χ4v) is 6.14. The molecule has 0 radical (unpaired) electrons. The highest BCUT2D eigenvalue weighted by molar-refractivity contribution is 6.61. The van der Waals surface area contributed by atoms with Crippen molar-refractivity contribution in [2.75, 3.05) is 0 Å². The molecule has 0 N–H and O–H groups in total.